The van der Waals surface area contributed by atoms with Gasteiger partial charge >= 0.3 is 11.9 Å². The number of para-hydroxylation sites is 1. The molecule has 136 valence electrons. The van der Waals surface area contributed by atoms with Crippen LogP contribution in [0, 0.1) is 22.0 Å². The van der Waals surface area contributed by atoms with E-state index in [2.05, 4.69) is 9.46 Å². The second kappa shape index (κ2) is 5.43. The van der Waals surface area contributed by atoms with E-state index in [1.807, 2.05) is 0 Å². The first kappa shape index (κ1) is 16.8. The van der Waals surface area contributed by atoms with Crippen molar-refractivity contribution < 1.29 is 32.4 Å². The molecule has 4 unspecified atom stereocenters. The number of ether oxygens (including phenoxy) is 2. The summed E-state index contributed by atoms with van der Waals surface area (Å²) in [6.07, 6.45) is 2.45. The zero-order valence-corrected chi connectivity index (χ0v) is 13.8. The van der Waals surface area contributed by atoms with Crippen LogP contribution in [0.4, 0.5) is 5.69 Å². The first-order valence-corrected chi connectivity index (χ1v) is 9.09. The van der Waals surface area contributed by atoms with E-state index in [0.29, 0.717) is 0 Å². The summed E-state index contributed by atoms with van der Waals surface area (Å²) < 4.78 is 37.7. The third-order valence-corrected chi connectivity index (χ3v) is 6.23. The van der Waals surface area contributed by atoms with Crippen molar-refractivity contribution in [1.29, 1.82) is 0 Å². The van der Waals surface area contributed by atoms with Gasteiger partial charge in [0.2, 0.25) is 10.0 Å². The van der Waals surface area contributed by atoms with Gasteiger partial charge in [-0.3, -0.25) is 19.7 Å². The lowest BCUT2D eigenvalue weighted by atomic mass is 9.77. The van der Waals surface area contributed by atoms with Gasteiger partial charge in [0, 0.05) is 12.6 Å². The SMILES string of the molecule is O=C1OC(=O)C2C1C1C=CC2(CNS(=O)(=O)c2ccccc2[N+](=O)[O-])O1. The highest BCUT2D eigenvalue weighted by Crippen LogP contribution is 2.50. The Bertz CT molecular complexity index is 972. The Morgan fingerprint density at radius 3 is 2.69 bits per heavy atom. The lowest BCUT2D eigenvalue weighted by Crippen LogP contribution is -2.47. The third kappa shape index (κ3) is 2.28. The van der Waals surface area contributed by atoms with Gasteiger partial charge in [-0.25, -0.2) is 13.1 Å². The molecule has 0 radical (unpaired) electrons. The van der Waals surface area contributed by atoms with Gasteiger partial charge < -0.3 is 9.47 Å². The average molecular weight is 380 g/mol. The van der Waals surface area contributed by atoms with Crippen molar-refractivity contribution in [3.05, 3.63) is 46.5 Å². The number of nitrogens with one attached hydrogen (secondary N) is 1. The van der Waals surface area contributed by atoms with Gasteiger partial charge in [-0.05, 0) is 6.07 Å². The first-order valence-electron chi connectivity index (χ1n) is 7.61. The van der Waals surface area contributed by atoms with Gasteiger partial charge in [-0.15, -0.1) is 0 Å². The van der Waals surface area contributed by atoms with E-state index in [4.69, 9.17) is 4.74 Å². The summed E-state index contributed by atoms with van der Waals surface area (Å²) in [6, 6.07) is 4.90. The van der Waals surface area contributed by atoms with Crippen LogP contribution in [-0.2, 0) is 29.1 Å². The second-order valence-corrected chi connectivity index (χ2v) is 7.92. The summed E-state index contributed by atoms with van der Waals surface area (Å²) in [5, 5.41) is 11.1. The minimum absolute atomic E-state index is 0.363. The smallest absolute Gasteiger partial charge is 0.320 e. The number of cyclic esters (lactones) is 2. The molecular formula is C15H12N2O8S. The Balaban J connectivity index is 1.62. The maximum atomic E-state index is 12.5. The summed E-state index contributed by atoms with van der Waals surface area (Å²) in [7, 11) is -4.26. The van der Waals surface area contributed by atoms with Gasteiger partial charge in [0.05, 0.1) is 11.0 Å². The zero-order chi connectivity index (χ0) is 18.7. The maximum Gasteiger partial charge on any atom is 0.320 e. The fourth-order valence-corrected chi connectivity index (χ4v) is 4.88. The summed E-state index contributed by atoms with van der Waals surface area (Å²) in [5.74, 6) is -3.21. The molecule has 3 heterocycles. The molecule has 2 saturated heterocycles. The molecule has 2 fully saturated rings. The molecule has 4 atom stereocenters. The first-order chi connectivity index (χ1) is 12.3. The third-order valence-electron chi connectivity index (χ3n) is 4.78. The van der Waals surface area contributed by atoms with Gasteiger partial charge in [0.1, 0.15) is 17.4 Å². The highest BCUT2D eigenvalue weighted by atomic mass is 32.2. The minimum Gasteiger partial charge on any atom is -0.393 e. The largest absolute Gasteiger partial charge is 0.393 e. The molecule has 0 aromatic heterocycles. The van der Waals surface area contributed by atoms with Crippen molar-refractivity contribution in [1.82, 2.24) is 4.72 Å². The predicted octanol–water partition coefficient (Wildman–Crippen LogP) is -0.104. The van der Waals surface area contributed by atoms with Crippen molar-refractivity contribution in [3.63, 3.8) is 0 Å². The Kier molecular flexibility index (Phi) is 3.51. The number of benzene rings is 1. The number of carbonyl (C=O) groups is 2. The molecule has 0 spiro atoms. The summed E-state index contributed by atoms with van der Waals surface area (Å²) in [4.78, 5) is 33.5. The number of esters is 2. The quantitative estimate of drug-likeness (QED) is 0.245. The van der Waals surface area contributed by atoms with Crippen LogP contribution in [0.25, 0.3) is 0 Å². The van der Waals surface area contributed by atoms with Gasteiger partial charge in [0.15, 0.2) is 4.90 Å². The van der Waals surface area contributed by atoms with E-state index < -0.39 is 61.0 Å². The van der Waals surface area contributed by atoms with Gasteiger partial charge in [0.25, 0.3) is 5.69 Å². The lowest BCUT2D eigenvalue weighted by molar-refractivity contribution is -0.387. The Labute approximate surface area is 147 Å². The molecule has 1 aromatic rings. The van der Waals surface area contributed by atoms with Crippen molar-refractivity contribution in [2.24, 2.45) is 11.8 Å². The summed E-state index contributed by atoms with van der Waals surface area (Å²) in [5.41, 5.74) is -1.92. The summed E-state index contributed by atoms with van der Waals surface area (Å²) >= 11 is 0. The topological polar surface area (TPSA) is 142 Å². The molecule has 1 aromatic carbocycles. The van der Waals surface area contributed by atoms with E-state index >= 15 is 0 Å². The standard InChI is InChI=1S/C15H12N2O8S/c18-13-11-9-5-6-15(25-9,12(11)14(19)24-13)7-16-26(22,23)10-4-2-1-3-8(10)17(20)21/h1-6,9,11-12,16H,7H2. The van der Waals surface area contributed by atoms with Crippen molar-refractivity contribution >= 4 is 27.6 Å². The normalized spacial score (nSPS) is 31.9. The number of nitro benzene ring substituents is 1. The molecule has 11 heteroatoms. The van der Waals surface area contributed by atoms with Gasteiger partial charge in [-0.1, -0.05) is 24.3 Å². The van der Waals surface area contributed by atoms with Crippen LogP contribution >= 0.6 is 0 Å². The van der Waals surface area contributed by atoms with Crippen LogP contribution in [0.15, 0.2) is 41.3 Å². The fraction of sp³-hybridized carbons (Fsp3) is 0.333. The van der Waals surface area contributed by atoms with Crippen molar-refractivity contribution in [2.75, 3.05) is 6.54 Å². The highest BCUT2D eigenvalue weighted by molar-refractivity contribution is 7.89. The molecule has 0 amide bonds. The highest BCUT2D eigenvalue weighted by Gasteiger charge is 2.67. The Morgan fingerprint density at radius 1 is 1.23 bits per heavy atom. The van der Waals surface area contributed by atoms with E-state index in [0.717, 1.165) is 12.1 Å². The van der Waals surface area contributed by atoms with Crippen molar-refractivity contribution in [2.45, 2.75) is 16.6 Å². The van der Waals surface area contributed by atoms with Crippen LogP contribution in [-0.4, -0.2) is 43.5 Å². The number of hydrogen-bond acceptors (Lipinski definition) is 8. The van der Waals surface area contributed by atoms with E-state index in [-0.39, 0.29) is 6.54 Å². The zero-order valence-electron chi connectivity index (χ0n) is 13.0. The van der Waals surface area contributed by atoms with Crippen LogP contribution in [0.3, 0.4) is 0 Å². The molecule has 2 bridgehead atoms. The molecule has 26 heavy (non-hydrogen) atoms. The summed E-state index contributed by atoms with van der Waals surface area (Å²) in [6.45, 7) is -0.363. The molecule has 4 rings (SSSR count). The molecular weight excluding hydrogens is 368 g/mol. The van der Waals surface area contributed by atoms with Crippen LogP contribution < -0.4 is 4.72 Å². The second-order valence-electron chi connectivity index (χ2n) is 6.19. The maximum absolute atomic E-state index is 12.5. The molecule has 0 saturated carbocycles. The number of hydrogen-bond donors (Lipinski definition) is 1. The van der Waals surface area contributed by atoms with Crippen molar-refractivity contribution in [3.8, 4) is 0 Å². The molecule has 3 aliphatic rings. The van der Waals surface area contributed by atoms with Crippen LogP contribution in [0.5, 0.6) is 0 Å². The van der Waals surface area contributed by atoms with Crippen LogP contribution in [0.2, 0.25) is 0 Å². The van der Waals surface area contributed by atoms with Gasteiger partial charge in [-0.2, -0.15) is 0 Å². The van der Waals surface area contributed by atoms with Crippen LogP contribution in [0.1, 0.15) is 0 Å². The monoisotopic (exact) mass is 380 g/mol. The molecule has 0 aliphatic carbocycles. The molecule has 1 N–H and O–H groups in total. The number of sulfonamides is 1. The molecule has 10 nitrogen and oxygen atoms in total. The number of rotatable bonds is 5. The number of carbonyl (C=O) groups excluding carboxylic acids is 2. The Hall–Kier alpha value is -2.63. The predicted molar refractivity (Wildman–Crippen MR) is 83.1 cm³/mol. The average Bonchev–Trinajstić information content (AvgIpc) is 3.25. The Morgan fingerprint density at radius 2 is 1.96 bits per heavy atom. The van der Waals surface area contributed by atoms with E-state index in [9.17, 15) is 28.1 Å². The number of fused-ring (bicyclic) bond motifs is 5. The van der Waals surface area contributed by atoms with E-state index in [1.165, 1.54) is 18.2 Å². The lowest BCUT2D eigenvalue weighted by Gasteiger charge is -2.27. The van der Waals surface area contributed by atoms with E-state index in [1.54, 1.807) is 6.08 Å². The number of nitro groups is 1. The number of nitrogens with zero attached hydrogens (tertiary/aromatic N) is 1. The minimum atomic E-state index is -4.26. The fourth-order valence-electron chi connectivity index (χ4n) is 3.63. The molecule has 3 aliphatic heterocycles.